The third-order valence-corrected chi connectivity index (χ3v) is 3.83. The van der Waals surface area contributed by atoms with Gasteiger partial charge >= 0.3 is 0 Å². The van der Waals surface area contributed by atoms with Crippen molar-refractivity contribution < 1.29 is 0 Å². The summed E-state index contributed by atoms with van der Waals surface area (Å²) in [7, 11) is 0. The van der Waals surface area contributed by atoms with Crippen molar-refractivity contribution in [2.45, 2.75) is 25.7 Å². The minimum Gasteiger partial charge on any atom is -0.384 e. The van der Waals surface area contributed by atoms with E-state index in [4.69, 9.17) is 0 Å². The highest BCUT2D eigenvalue weighted by atomic mass is 14.9. The summed E-state index contributed by atoms with van der Waals surface area (Å²) >= 11 is 0. The van der Waals surface area contributed by atoms with E-state index in [-0.39, 0.29) is 0 Å². The first-order valence-electron chi connectivity index (χ1n) is 7.37. The lowest BCUT2D eigenvalue weighted by atomic mass is 9.77. The van der Waals surface area contributed by atoms with E-state index in [1.165, 1.54) is 17.5 Å². The smallest absolute Gasteiger partial charge is 0.0547 e. The van der Waals surface area contributed by atoms with Gasteiger partial charge in [0.15, 0.2) is 0 Å². The molecule has 0 amide bonds. The molecule has 0 aliphatic heterocycles. The number of hydrogen-bond donors (Lipinski definition) is 2. The van der Waals surface area contributed by atoms with Crippen LogP contribution in [0.1, 0.15) is 30.4 Å². The molecule has 0 radical (unpaired) electrons. The van der Waals surface area contributed by atoms with Gasteiger partial charge in [-0.05, 0) is 30.0 Å². The van der Waals surface area contributed by atoms with Crippen molar-refractivity contribution in [1.82, 2.24) is 4.98 Å². The van der Waals surface area contributed by atoms with E-state index >= 15 is 0 Å². The van der Waals surface area contributed by atoms with Gasteiger partial charge in [0.25, 0.3) is 0 Å². The fourth-order valence-electron chi connectivity index (χ4n) is 2.69. The van der Waals surface area contributed by atoms with Crippen LogP contribution >= 0.6 is 0 Å². The maximum absolute atomic E-state index is 4.28. The molecule has 1 aromatic heterocycles. The lowest BCUT2D eigenvalue weighted by Crippen LogP contribution is -2.24. The van der Waals surface area contributed by atoms with Crippen molar-refractivity contribution in [3.63, 3.8) is 0 Å². The molecule has 0 fully saturated rings. The molecule has 1 heterocycles. The molecule has 0 spiro atoms. The number of pyridine rings is 1. The van der Waals surface area contributed by atoms with E-state index < -0.39 is 0 Å². The van der Waals surface area contributed by atoms with E-state index in [1.54, 1.807) is 0 Å². The van der Waals surface area contributed by atoms with Crippen LogP contribution in [0.5, 0.6) is 0 Å². The lowest BCUT2D eigenvalue weighted by molar-refractivity contribution is 0.635. The van der Waals surface area contributed by atoms with Gasteiger partial charge in [0, 0.05) is 19.0 Å². The van der Waals surface area contributed by atoms with Crippen molar-refractivity contribution in [3.05, 3.63) is 53.9 Å². The lowest BCUT2D eigenvalue weighted by Gasteiger charge is -2.30. The van der Waals surface area contributed by atoms with Crippen LogP contribution in [0.2, 0.25) is 0 Å². The zero-order chi connectivity index (χ0) is 13.8. The van der Waals surface area contributed by atoms with E-state index in [9.17, 15) is 0 Å². The van der Waals surface area contributed by atoms with Crippen molar-refractivity contribution >= 4 is 11.4 Å². The van der Waals surface area contributed by atoms with Gasteiger partial charge in [-0.2, -0.15) is 0 Å². The van der Waals surface area contributed by atoms with Crippen molar-refractivity contribution in [3.8, 4) is 0 Å². The SMILES string of the molecule is CCCNc1cncc(NCC2Cc3ccccc32)c1. The summed E-state index contributed by atoms with van der Waals surface area (Å²) in [4.78, 5) is 4.28. The predicted octanol–water partition coefficient (Wildman–Crippen LogP) is 3.66. The monoisotopic (exact) mass is 267 g/mol. The van der Waals surface area contributed by atoms with Crippen molar-refractivity contribution in [1.29, 1.82) is 0 Å². The van der Waals surface area contributed by atoms with Crippen LogP contribution in [0.15, 0.2) is 42.7 Å². The van der Waals surface area contributed by atoms with Gasteiger partial charge in [0.2, 0.25) is 0 Å². The second-order valence-electron chi connectivity index (χ2n) is 5.37. The Labute approximate surface area is 120 Å². The van der Waals surface area contributed by atoms with Gasteiger partial charge in [-0.1, -0.05) is 31.2 Å². The molecule has 1 aromatic carbocycles. The Morgan fingerprint density at radius 1 is 1.15 bits per heavy atom. The number of nitrogens with one attached hydrogen (secondary N) is 2. The molecule has 1 aliphatic carbocycles. The molecular weight excluding hydrogens is 246 g/mol. The van der Waals surface area contributed by atoms with Crippen molar-refractivity contribution in [2.24, 2.45) is 0 Å². The molecule has 104 valence electrons. The fraction of sp³-hybridized carbons (Fsp3) is 0.353. The van der Waals surface area contributed by atoms with Gasteiger partial charge in [-0.3, -0.25) is 4.98 Å². The predicted molar refractivity (Wildman–Crippen MR) is 84.4 cm³/mol. The summed E-state index contributed by atoms with van der Waals surface area (Å²) in [5.41, 5.74) is 5.17. The zero-order valence-electron chi connectivity index (χ0n) is 11.9. The highest BCUT2D eigenvalue weighted by Gasteiger charge is 2.24. The highest BCUT2D eigenvalue weighted by Crippen LogP contribution is 2.34. The van der Waals surface area contributed by atoms with Crippen LogP contribution in [-0.2, 0) is 6.42 Å². The summed E-state index contributed by atoms with van der Waals surface area (Å²) in [6, 6.07) is 10.8. The van der Waals surface area contributed by atoms with Gasteiger partial charge in [0.1, 0.15) is 0 Å². The van der Waals surface area contributed by atoms with E-state index in [2.05, 4.69) is 52.9 Å². The molecule has 20 heavy (non-hydrogen) atoms. The Hall–Kier alpha value is -2.03. The molecule has 1 aliphatic rings. The number of nitrogens with zero attached hydrogens (tertiary/aromatic N) is 1. The first-order chi connectivity index (χ1) is 9.86. The summed E-state index contributed by atoms with van der Waals surface area (Å²) in [5.74, 6) is 0.637. The molecule has 2 aromatic rings. The molecule has 0 saturated heterocycles. The minimum atomic E-state index is 0.637. The number of aromatic nitrogens is 1. The molecular formula is C17H21N3. The molecule has 2 N–H and O–H groups in total. The van der Waals surface area contributed by atoms with Crippen LogP contribution in [0.4, 0.5) is 11.4 Å². The average molecular weight is 267 g/mol. The third-order valence-electron chi connectivity index (χ3n) is 3.83. The molecule has 1 unspecified atom stereocenters. The normalized spacial score (nSPS) is 16.1. The molecule has 0 bridgehead atoms. The minimum absolute atomic E-state index is 0.637. The number of fused-ring (bicyclic) bond motifs is 1. The number of rotatable bonds is 6. The van der Waals surface area contributed by atoms with Gasteiger partial charge in [-0.15, -0.1) is 0 Å². The quantitative estimate of drug-likeness (QED) is 0.838. The fourth-order valence-corrected chi connectivity index (χ4v) is 2.69. The Kier molecular flexibility index (Phi) is 3.86. The highest BCUT2D eigenvalue weighted by molar-refractivity contribution is 5.54. The topological polar surface area (TPSA) is 37.0 Å². The largest absolute Gasteiger partial charge is 0.384 e. The van der Waals surface area contributed by atoms with Crippen molar-refractivity contribution in [2.75, 3.05) is 23.7 Å². The molecule has 0 saturated carbocycles. The van der Waals surface area contributed by atoms with Crippen LogP contribution in [0, 0.1) is 0 Å². The summed E-state index contributed by atoms with van der Waals surface area (Å²) in [5, 5.41) is 6.87. The maximum atomic E-state index is 4.28. The third kappa shape index (κ3) is 2.77. The van der Waals surface area contributed by atoms with Gasteiger partial charge < -0.3 is 10.6 Å². The Morgan fingerprint density at radius 2 is 1.95 bits per heavy atom. The first-order valence-corrected chi connectivity index (χ1v) is 7.37. The number of benzene rings is 1. The summed E-state index contributed by atoms with van der Waals surface area (Å²) in [6.07, 6.45) is 6.07. The van der Waals surface area contributed by atoms with E-state index in [0.29, 0.717) is 5.92 Å². The Morgan fingerprint density at radius 3 is 2.75 bits per heavy atom. The van der Waals surface area contributed by atoms with Crippen LogP contribution < -0.4 is 10.6 Å². The van der Waals surface area contributed by atoms with E-state index in [1.807, 2.05) is 12.4 Å². The number of hydrogen-bond acceptors (Lipinski definition) is 3. The first kappa shape index (κ1) is 13.0. The van der Waals surface area contributed by atoms with Crippen LogP contribution in [0.25, 0.3) is 0 Å². The van der Waals surface area contributed by atoms with Gasteiger partial charge in [0.05, 0.1) is 23.8 Å². The summed E-state index contributed by atoms with van der Waals surface area (Å²) in [6.45, 7) is 4.13. The van der Waals surface area contributed by atoms with Gasteiger partial charge in [-0.25, -0.2) is 0 Å². The standard InChI is InChI=1S/C17H21N3/c1-2-7-19-15-9-16(12-18-11-15)20-10-14-8-13-5-3-4-6-17(13)14/h3-6,9,11-12,14,19-20H,2,7-8,10H2,1H3. The zero-order valence-corrected chi connectivity index (χ0v) is 11.9. The van der Waals surface area contributed by atoms with Crippen LogP contribution in [-0.4, -0.2) is 18.1 Å². The second kappa shape index (κ2) is 5.95. The van der Waals surface area contributed by atoms with E-state index in [0.717, 1.165) is 30.9 Å². The second-order valence-corrected chi connectivity index (χ2v) is 5.37. The molecule has 3 rings (SSSR count). The van der Waals surface area contributed by atoms with Crippen LogP contribution in [0.3, 0.4) is 0 Å². The molecule has 3 nitrogen and oxygen atoms in total. The Balaban J connectivity index is 1.57. The number of anilines is 2. The maximum Gasteiger partial charge on any atom is 0.0547 e. The molecule has 1 atom stereocenters. The Bertz CT molecular complexity index is 580. The average Bonchev–Trinajstić information content (AvgIpc) is 2.46. The molecule has 3 heteroatoms. The summed E-state index contributed by atoms with van der Waals surface area (Å²) < 4.78 is 0.